The van der Waals surface area contributed by atoms with Crippen molar-refractivity contribution < 1.29 is 22.7 Å². The topological polar surface area (TPSA) is 109 Å². The Morgan fingerprint density at radius 3 is 2.47 bits per heavy atom. The number of alkyl halides is 3. The predicted molar refractivity (Wildman–Crippen MR) is 119 cm³/mol. The molecule has 3 N–H and O–H groups in total. The van der Waals surface area contributed by atoms with Crippen molar-refractivity contribution in [3.05, 3.63) is 11.8 Å². The summed E-state index contributed by atoms with van der Waals surface area (Å²) in [6.07, 6.45) is 1.36. The molecule has 3 fully saturated rings. The SMILES string of the molecule is CC(C)OC1(C(F)(F)F)CN(C2CCC(CC#N)(n3cc(CN)c(NC(=O)C4CC4)n3)CC2)C1. The quantitative estimate of drug-likeness (QED) is 0.589. The highest BCUT2D eigenvalue weighted by Gasteiger charge is 2.64. The van der Waals surface area contributed by atoms with Crippen molar-refractivity contribution in [1.82, 2.24) is 14.7 Å². The molecule has 1 aliphatic heterocycles. The summed E-state index contributed by atoms with van der Waals surface area (Å²) in [6, 6.07) is 2.25. The summed E-state index contributed by atoms with van der Waals surface area (Å²) in [4.78, 5) is 14.1. The maximum absolute atomic E-state index is 13.7. The van der Waals surface area contributed by atoms with Crippen LogP contribution in [0.4, 0.5) is 19.0 Å². The molecule has 0 spiro atoms. The molecule has 0 bridgehead atoms. The van der Waals surface area contributed by atoms with E-state index in [1.165, 1.54) is 0 Å². The molecule has 0 atom stereocenters. The van der Waals surface area contributed by atoms with Gasteiger partial charge in [-0.15, -0.1) is 0 Å². The number of rotatable bonds is 8. The third kappa shape index (κ3) is 4.68. The van der Waals surface area contributed by atoms with Crippen LogP contribution in [-0.4, -0.2) is 57.6 Å². The van der Waals surface area contributed by atoms with Crippen LogP contribution in [0, 0.1) is 17.2 Å². The van der Waals surface area contributed by atoms with Gasteiger partial charge in [-0.25, -0.2) is 0 Å². The molecule has 2 saturated carbocycles. The maximum Gasteiger partial charge on any atom is 0.419 e. The summed E-state index contributed by atoms with van der Waals surface area (Å²) in [6.45, 7) is 3.11. The maximum atomic E-state index is 13.7. The number of halogens is 3. The summed E-state index contributed by atoms with van der Waals surface area (Å²) in [5, 5.41) is 17.0. The molecule has 0 aromatic carbocycles. The molecule has 8 nitrogen and oxygen atoms in total. The second kappa shape index (κ2) is 9.13. The van der Waals surface area contributed by atoms with Gasteiger partial charge >= 0.3 is 6.18 Å². The number of aromatic nitrogens is 2. The van der Waals surface area contributed by atoms with E-state index >= 15 is 0 Å². The van der Waals surface area contributed by atoms with Crippen molar-refractivity contribution >= 4 is 11.7 Å². The van der Waals surface area contributed by atoms with Crippen molar-refractivity contribution in [3.8, 4) is 6.07 Å². The molecular weight excluding hydrogens is 449 g/mol. The monoisotopic (exact) mass is 482 g/mol. The molecule has 11 heteroatoms. The van der Waals surface area contributed by atoms with Crippen LogP contribution in [-0.2, 0) is 21.6 Å². The minimum absolute atomic E-state index is 0.00311. The fourth-order valence-electron chi connectivity index (χ4n) is 5.25. The summed E-state index contributed by atoms with van der Waals surface area (Å²) < 4.78 is 48.1. The Kier molecular flexibility index (Phi) is 6.70. The minimum Gasteiger partial charge on any atom is -0.360 e. The predicted octanol–water partition coefficient (Wildman–Crippen LogP) is 3.28. The van der Waals surface area contributed by atoms with Crippen molar-refractivity contribution in [2.75, 3.05) is 18.4 Å². The van der Waals surface area contributed by atoms with Crippen LogP contribution in [0.2, 0.25) is 0 Å². The van der Waals surface area contributed by atoms with Crippen LogP contribution in [0.3, 0.4) is 0 Å². The van der Waals surface area contributed by atoms with Gasteiger partial charge in [-0.05, 0) is 52.4 Å². The molecule has 1 aromatic rings. The molecule has 2 heterocycles. The average Bonchev–Trinajstić information content (AvgIpc) is 3.51. The number of nitrogens with zero attached hydrogens (tertiary/aromatic N) is 4. The lowest BCUT2D eigenvalue weighted by Gasteiger charge is -2.55. The van der Waals surface area contributed by atoms with E-state index in [4.69, 9.17) is 10.5 Å². The van der Waals surface area contributed by atoms with Crippen molar-refractivity contribution in [2.45, 2.75) is 94.8 Å². The van der Waals surface area contributed by atoms with Crippen LogP contribution < -0.4 is 11.1 Å². The summed E-state index contributed by atoms with van der Waals surface area (Å²) in [5.41, 5.74) is 3.91. The van der Waals surface area contributed by atoms with Crippen LogP contribution >= 0.6 is 0 Å². The first-order valence-electron chi connectivity index (χ1n) is 12.0. The van der Waals surface area contributed by atoms with Gasteiger partial charge in [-0.1, -0.05) is 0 Å². The largest absolute Gasteiger partial charge is 0.419 e. The van der Waals surface area contributed by atoms with E-state index in [1.54, 1.807) is 24.7 Å². The number of ether oxygens (including phenoxy) is 1. The van der Waals surface area contributed by atoms with Gasteiger partial charge in [0.2, 0.25) is 5.91 Å². The van der Waals surface area contributed by atoms with E-state index in [1.807, 2.05) is 4.90 Å². The fraction of sp³-hybridized carbons (Fsp3) is 0.783. The third-order valence-electron chi connectivity index (χ3n) is 7.39. The molecule has 188 valence electrons. The molecule has 0 radical (unpaired) electrons. The Labute approximate surface area is 197 Å². The first kappa shape index (κ1) is 24.9. The Balaban J connectivity index is 1.45. The van der Waals surface area contributed by atoms with E-state index < -0.39 is 23.4 Å². The number of nitrogens with two attached hydrogens (primary N) is 1. The highest BCUT2D eigenvalue weighted by Crippen LogP contribution is 2.46. The Morgan fingerprint density at radius 2 is 1.97 bits per heavy atom. The molecule has 1 saturated heterocycles. The summed E-state index contributed by atoms with van der Waals surface area (Å²) >= 11 is 0. The van der Waals surface area contributed by atoms with E-state index in [-0.39, 0.29) is 43.9 Å². The summed E-state index contributed by atoms with van der Waals surface area (Å²) in [7, 11) is 0. The lowest BCUT2D eigenvalue weighted by atomic mass is 9.75. The van der Waals surface area contributed by atoms with Gasteiger partial charge in [0.15, 0.2) is 11.4 Å². The smallest absolute Gasteiger partial charge is 0.360 e. The van der Waals surface area contributed by atoms with Gasteiger partial charge in [-0.3, -0.25) is 14.4 Å². The van der Waals surface area contributed by atoms with Crippen molar-refractivity contribution in [1.29, 1.82) is 5.26 Å². The van der Waals surface area contributed by atoms with Gasteiger partial charge in [-0.2, -0.15) is 23.5 Å². The number of carbonyl (C=O) groups excluding carboxylic acids is 1. The van der Waals surface area contributed by atoms with E-state index in [2.05, 4.69) is 16.5 Å². The third-order valence-corrected chi connectivity index (χ3v) is 7.39. The number of nitrogens with one attached hydrogen (secondary N) is 1. The van der Waals surface area contributed by atoms with Crippen LogP contribution in [0.15, 0.2) is 6.20 Å². The highest BCUT2D eigenvalue weighted by atomic mass is 19.4. The van der Waals surface area contributed by atoms with Gasteiger partial charge in [0.05, 0.1) is 24.1 Å². The zero-order valence-corrected chi connectivity index (χ0v) is 19.7. The molecule has 3 aliphatic rings. The Hall–Kier alpha value is -2.16. The number of amides is 1. The lowest BCUT2D eigenvalue weighted by molar-refractivity contribution is -0.332. The number of hydrogen-bond acceptors (Lipinski definition) is 6. The van der Waals surface area contributed by atoms with Crippen molar-refractivity contribution in [2.24, 2.45) is 11.7 Å². The number of likely N-dealkylation sites (tertiary alicyclic amines) is 1. The normalized spacial score (nSPS) is 27.3. The lowest BCUT2D eigenvalue weighted by Crippen LogP contribution is -2.73. The van der Waals surface area contributed by atoms with Gasteiger partial charge in [0, 0.05) is 43.4 Å². The Bertz CT molecular complexity index is 935. The zero-order valence-electron chi connectivity index (χ0n) is 19.7. The van der Waals surface area contributed by atoms with E-state index in [0.717, 1.165) is 12.8 Å². The number of anilines is 1. The first-order chi connectivity index (χ1) is 16.0. The number of carbonyl (C=O) groups is 1. The zero-order chi connectivity index (χ0) is 24.7. The van der Waals surface area contributed by atoms with Crippen LogP contribution in [0.5, 0.6) is 0 Å². The second-order valence-corrected chi connectivity index (χ2v) is 10.3. The van der Waals surface area contributed by atoms with Gasteiger partial charge in [0.25, 0.3) is 0 Å². The molecule has 1 amide bonds. The number of nitriles is 1. The molecular formula is C23H33F3N6O2. The fourth-order valence-corrected chi connectivity index (χ4v) is 5.25. The Morgan fingerprint density at radius 1 is 1.32 bits per heavy atom. The minimum atomic E-state index is -4.41. The average molecular weight is 483 g/mol. The molecule has 34 heavy (non-hydrogen) atoms. The molecule has 4 rings (SSSR count). The van der Waals surface area contributed by atoms with E-state index in [0.29, 0.717) is 37.1 Å². The molecule has 0 unspecified atom stereocenters. The number of hydrogen-bond donors (Lipinski definition) is 2. The molecule has 2 aliphatic carbocycles. The van der Waals surface area contributed by atoms with E-state index in [9.17, 15) is 23.2 Å². The molecule has 1 aromatic heterocycles. The first-order valence-corrected chi connectivity index (χ1v) is 12.0. The van der Waals surface area contributed by atoms with Crippen LogP contribution in [0.25, 0.3) is 0 Å². The van der Waals surface area contributed by atoms with Gasteiger partial charge in [0.1, 0.15) is 0 Å². The summed E-state index contributed by atoms with van der Waals surface area (Å²) in [5.74, 6) is 0.397. The van der Waals surface area contributed by atoms with Gasteiger partial charge < -0.3 is 15.8 Å². The van der Waals surface area contributed by atoms with Crippen molar-refractivity contribution in [3.63, 3.8) is 0 Å². The highest BCUT2D eigenvalue weighted by molar-refractivity contribution is 5.93. The second-order valence-electron chi connectivity index (χ2n) is 10.3. The van der Waals surface area contributed by atoms with Crippen LogP contribution in [0.1, 0.15) is 64.4 Å². The standard InChI is InChI=1S/C23H33F3N6O2/c1-15(2)34-22(23(24,25)26)13-31(14-22)18-5-7-21(8-6-18,9-10-27)32-12-17(11-28)19(30-32)29-20(33)16-3-4-16/h12,15-16,18H,3-9,11,13-14,28H2,1-2H3,(H,29,30,33).